The highest BCUT2D eigenvalue weighted by molar-refractivity contribution is 7.89. The molecule has 3 aromatic rings. The Balaban J connectivity index is 1.57. The molecule has 2 heterocycles. The summed E-state index contributed by atoms with van der Waals surface area (Å²) in [4.78, 5) is 11.6. The Kier molecular flexibility index (Phi) is 5.17. The summed E-state index contributed by atoms with van der Waals surface area (Å²) in [6.45, 7) is 3.58. The maximum atomic E-state index is 13.2. The van der Waals surface area contributed by atoms with E-state index in [1.165, 1.54) is 18.2 Å². The number of halogens is 1. The Morgan fingerprint density at radius 2 is 1.90 bits per heavy atom. The Morgan fingerprint density at radius 1 is 1.17 bits per heavy atom. The highest BCUT2D eigenvalue weighted by atomic mass is 32.2. The second kappa shape index (κ2) is 7.66. The summed E-state index contributed by atoms with van der Waals surface area (Å²) < 4.78 is 43.4. The lowest BCUT2D eigenvalue weighted by Gasteiger charge is -2.19. The van der Waals surface area contributed by atoms with Crippen molar-refractivity contribution in [1.82, 2.24) is 14.5 Å². The lowest BCUT2D eigenvalue weighted by Crippen LogP contribution is -2.27. The summed E-state index contributed by atoms with van der Waals surface area (Å²) >= 11 is 0. The molecule has 30 heavy (non-hydrogen) atoms. The predicted octanol–water partition coefficient (Wildman–Crippen LogP) is 3.24. The summed E-state index contributed by atoms with van der Waals surface area (Å²) in [5, 5.41) is 7.07. The van der Waals surface area contributed by atoms with Crippen LogP contribution in [0.3, 0.4) is 0 Å². The van der Waals surface area contributed by atoms with E-state index in [0.29, 0.717) is 29.8 Å². The van der Waals surface area contributed by atoms with Crippen molar-refractivity contribution < 1.29 is 17.6 Å². The quantitative estimate of drug-likeness (QED) is 0.652. The molecule has 0 spiro atoms. The minimum Gasteiger partial charge on any atom is -0.326 e. The third kappa shape index (κ3) is 3.86. The van der Waals surface area contributed by atoms with Crippen LogP contribution in [0.4, 0.5) is 10.1 Å². The maximum absolute atomic E-state index is 13.2. The first-order chi connectivity index (χ1) is 14.2. The van der Waals surface area contributed by atoms with Crippen LogP contribution in [0.1, 0.15) is 36.2 Å². The van der Waals surface area contributed by atoms with E-state index in [-0.39, 0.29) is 16.6 Å². The molecule has 1 aliphatic heterocycles. The topological polar surface area (TPSA) is 93.1 Å². The van der Waals surface area contributed by atoms with Crippen molar-refractivity contribution >= 4 is 21.6 Å². The van der Waals surface area contributed by atoms with Gasteiger partial charge in [0.05, 0.1) is 16.8 Å². The van der Waals surface area contributed by atoms with Crippen LogP contribution >= 0.6 is 0 Å². The zero-order chi connectivity index (χ0) is 21.5. The van der Waals surface area contributed by atoms with Crippen LogP contribution in [0.2, 0.25) is 0 Å². The van der Waals surface area contributed by atoms with Crippen LogP contribution in [0.15, 0.2) is 53.6 Å². The second-order valence-corrected chi connectivity index (χ2v) is 9.00. The van der Waals surface area contributed by atoms with Crippen LogP contribution in [-0.4, -0.2) is 24.1 Å². The number of nitrogens with zero attached hydrogens (tertiary/aromatic N) is 2. The van der Waals surface area contributed by atoms with Crippen LogP contribution < -0.4 is 10.0 Å². The summed E-state index contributed by atoms with van der Waals surface area (Å²) in [6, 6.07) is 10.1. The summed E-state index contributed by atoms with van der Waals surface area (Å²) in [5.41, 5.74) is 3.60. The van der Waals surface area contributed by atoms with E-state index in [4.69, 9.17) is 0 Å². The molecule has 0 radical (unpaired) electrons. The van der Waals surface area contributed by atoms with Gasteiger partial charge in [-0.1, -0.05) is 0 Å². The minimum atomic E-state index is -3.78. The van der Waals surface area contributed by atoms with Gasteiger partial charge in [0.1, 0.15) is 5.82 Å². The lowest BCUT2D eigenvalue weighted by atomic mass is 10.0. The fourth-order valence-electron chi connectivity index (χ4n) is 3.58. The van der Waals surface area contributed by atoms with Gasteiger partial charge in [0.2, 0.25) is 15.9 Å². The molecule has 156 valence electrons. The van der Waals surface area contributed by atoms with Gasteiger partial charge in [0.25, 0.3) is 0 Å². The summed E-state index contributed by atoms with van der Waals surface area (Å²) in [5.74, 6) is -0.409. The van der Waals surface area contributed by atoms with Crippen molar-refractivity contribution in [3.63, 3.8) is 0 Å². The minimum absolute atomic E-state index is 0.0708. The van der Waals surface area contributed by atoms with Crippen LogP contribution in [0.25, 0.3) is 5.69 Å². The number of nitrogens with one attached hydrogen (secondary N) is 2. The largest absolute Gasteiger partial charge is 0.326 e. The van der Waals surface area contributed by atoms with Gasteiger partial charge in [-0.05, 0) is 68.3 Å². The molecule has 2 aromatic carbocycles. The van der Waals surface area contributed by atoms with Gasteiger partial charge in [-0.2, -0.15) is 5.10 Å². The van der Waals surface area contributed by atoms with Gasteiger partial charge >= 0.3 is 0 Å². The summed E-state index contributed by atoms with van der Waals surface area (Å²) in [6.07, 6.45) is 2.44. The molecule has 0 saturated heterocycles. The van der Waals surface area contributed by atoms with Gasteiger partial charge in [-0.25, -0.2) is 22.2 Å². The molecule has 9 heteroatoms. The molecule has 4 rings (SSSR count). The van der Waals surface area contributed by atoms with Crippen molar-refractivity contribution in [1.29, 1.82) is 0 Å². The molecular weight excluding hydrogens is 407 g/mol. The molecule has 2 N–H and O–H groups in total. The Hall–Kier alpha value is -3.04. The second-order valence-electron chi connectivity index (χ2n) is 7.28. The van der Waals surface area contributed by atoms with Gasteiger partial charge in [-0.3, -0.25) is 4.79 Å². The van der Waals surface area contributed by atoms with Crippen LogP contribution in [-0.2, 0) is 21.2 Å². The monoisotopic (exact) mass is 428 g/mol. The molecule has 0 saturated carbocycles. The maximum Gasteiger partial charge on any atom is 0.241 e. The first kappa shape index (κ1) is 20.2. The SMILES string of the molecule is Cc1c(C(C)NS(=O)(=O)c2ccc3c(c2)CCC(=O)N3)cnn1-c1ccc(F)cc1. The van der Waals surface area contributed by atoms with Crippen LogP contribution in [0, 0.1) is 12.7 Å². The number of aromatic nitrogens is 2. The molecule has 7 nitrogen and oxygen atoms in total. The molecule has 1 amide bonds. The van der Waals surface area contributed by atoms with E-state index in [2.05, 4.69) is 15.1 Å². The number of amides is 1. The Morgan fingerprint density at radius 3 is 2.63 bits per heavy atom. The van der Waals surface area contributed by atoms with Crippen molar-refractivity contribution in [2.24, 2.45) is 0 Å². The zero-order valence-electron chi connectivity index (χ0n) is 16.5. The van der Waals surface area contributed by atoms with Gasteiger partial charge in [0.15, 0.2) is 0 Å². The number of rotatable bonds is 5. The molecule has 0 fully saturated rings. The highest BCUT2D eigenvalue weighted by Crippen LogP contribution is 2.27. The average Bonchev–Trinajstić information content (AvgIpc) is 3.09. The van der Waals surface area contributed by atoms with E-state index in [1.54, 1.807) is 42.1 Å². The molecule has 1 aromatic heterocycles. The number of sulfonamides is 1. The molecular formula is C21H21FN4O3S. The standard InChI is InChI=1S/C21H21FN4O3S/c1-13(19-12-23-26(14(19)2)17-6-4-16(22)5-7-17)25-30(28,29)18-8-9-20-15(11-18)3-10-21(27)24-20/h4-9,11-13,25H,3,10H2,1-2H3,(H,24,27). The molecule has 1 unspecified atom stereocenters. The highest BCUT2D eigenvalue weighted by Gasteiger charge is 2.24. The smallest absolute Gasteiger partial charge is 0.241 e. The molecule has 1 aliphatic rings. The third-order valence-electron chi connectivity index (χ3n) is 5.20. The normalized spacial score (nSPS) is 14.8. The van der Waals surface area contributed by atoms with Gasteiger partial charge in [-0.15, -0.1) is 0 Å². The van der Waals surface area contributed by atoms with Gasteiger partial charge < -0.3 is 5.32 Å². The third-order valence-corrected chi connectivity index (χ3v) is 6.74. The van der Waals surface area contributed by atoms with Crippen molar-refractivity contribution in [3.8, 4) is 5.69 Å². The van der Waals surface area contributed by atoms with E-state index < -0.39 is 16.1 Å². The van der Waals surface area contributed by atoms with Crippen molar-refractivity contribution in [2.45, 2.75) is 37.6 Å². The predicted molar refractivity (Wildman–Crippen MR) is 110 cm³/mol. The van der Waals surface area contributed by atoms with Crippen molar-refractivity contribution in [3.05, 3.63) is 71.3 Å². The Bertz CT molecular complexity index is 1220. The molecule has 0 bridgehead atoms. The fourth-order valence-corrected chi connectivity index (χ4v) is 4.85. The van der Waals surface area contributed by atoms with E-state index >= 15 is 0 Å². The van der Waals surface area contributed by atoms with E-state index in [0.717, 1.165) is 11.3 Å². The zero-order valence-corrected chi connectivity index (χ0v) is 17.3. The number of carbonyl (C=O) groups excluding carboxylic acids is 1. The fraction of sp³-hybridized carbons (Fsp3) is 0.238. The average molecular weight is 428 g/mol. The molecule has 0 aliphatic carbocycles. The van der Waals surface area contributed by atoms with E-state index in [1.807, 2.05) is 6.92 Å². The van der Waals surface area contributed by atoms with E-state index in [9.17, 15) is 17.6 Å². The number of anilines is 1. The first-order valence-electron chi connectivity index (χ1n) is 9.50. The number of aryl methyl sites for hydroxylation is 1. The number of benzene rings is 2. The Labute approximate surface area is 174 Å². The van der Waals surface area contributed by atoms with Crippen molar-refractivity contribution in [2.75, 3.05) is 5.32 Å². The number of fused-ring (bicyclic) bond motifs is 1. The van der Waals surface area contributed by atoms with Gasteiger partial charge in [0, 0.05) is 29.4 Å². The summed E-state index contributed by atoms with van der Waals surface area (Å²) in [7, 11) is -3.78. The number of carbonyl (C=O) groups is 1. The number of hydrogen-bond acceptors (Lipinski definition) is 4. The molecule has 1 atom stereocenters. The lowest BCUT2D eigenvalue weighted by molar-refractivity contribution is -0.116. The number of hydrogen-bond donors (Lipinski definition) is 2. The first-order valence-corrected chi connectivity index (χ1v) is 11.0. The van der Waals surface area contributed by atoms with Crippen LogP contribution in [0.5, 0.6) is 0 Å².